The molecule has 0 saturated carbocycles. The molecule has 0 bridgehead atoms. The van der Waals surface area contributed by atoms with Crippen molar-refractivity contribution in [1.82, 2.24) is 4.98 Å². The first kappa shape index (κ1) is 11.9. The highest BCUT2D eigenvalue weighted by atomic mass is 31.2. The maximum absolute atomic E-state index is 9.98. The van der Waals surface area contributed by atoms with Crippen molar-refractivity contribution in [2.45, 2.75) is 0 Å². The summed E-state index contributed by atoms with van der Waals surface area (Å²) in [7, 11) is -4.64. The Bertz CT molecular complexity index is 287. The first-order valence-corrected chi connectivity index (χ1v) is 4.63. The second kappa shape index (κ2) is 5.55. The van der Waals surface area contributed by atoms with E-state index in [4.69, 9.17) is 19.2 Å². The number of carbonyl (C=O) groups excluding carboxylic acids is 1. The lowest BCUT2D eigenvalue weighted by Crippen LogP contribution is -1.76. The Kier molecular flexibility index (Phi) is 5.10. The van der Waals surface area contributed by atoms with E-state index in [1.165, 1.54) is 0 Å². The molecular weight excluding hydrogens is 197 g/mol. The number of nitrogens with zero attached hydrogens (tertiary/aromatic N) is 1. The van der Waals surface area contributed by atoms with Crippen LogP contribution in [-0.4, -0.2) is 26.0 Å². The number of hydrogen-bond donors (Lipinski definition) is 3. The number of hydrogen-bond acceptors (Lipinski definition) is 3. The monoisotopic (exact) mass is 205 g/mol. The summed E-state index contributed by atoms with van der Waals surface area (Å²) in [5.74, 6) is 0. The third-order valence-corrected chi connectivity index (χ3v) is 0.842. The van der Waals surface area contributed by atoms with Gasteiger partial charge in [-0.15, -0.1) is 0 Å². The van der Waals surface area contributed by atoms with Crippen LogP contribution in [0.2, 0.25) is 0 Å². The molecule has 72 valence electrons. The molecule has 1 heterocycles. The van der Waals surface area contributed by atoms with Crippen LogP contribution in [0.4, 0.5) is 0 Å². The first-order valence-electron chi connectivity index (χ1n) is 3.07. The van der Waals surface area contributed by atoms with Gasteiger partial charge in [0.2, 0.25) is 0 Å². The van der Waals surface area contributed by atoms with Gasteiger partial charge in [-0.05, 0) is 12.1 Å². The summed E-state index contributed by atoms with van der Waals surface area (Å²) in [5, 5.41) is 0. The van der Waals surface area contributed by atoms with Gasteiger partial charge in [-0.1, -0.05) is 0 Å². The minimum atomic E-state index is -4.64. The lowest BCUT2D eigenvalue weighted by atomic mass is 10.3. The molecule has 1 aromatic heterocycles. The van der Waals surface area contributed by atoms with E-state index in [2.05, 4.69) is 4.98 Å². The van der Waals surface area contributed by atoms with Gasteiger partial charge in [0, 0.05) is 18.0 Å². The van der Waals surface area contributed by atoms with Crippen molar-refractivity contribution in [3.05, 3.63) is 30.1 Å². The molecule has 7 heteroatoms. The molecular formula is C6H8NO5P. The molecule has 3 N–H and O–H groups in total. The average molecular weight is 205 g/mol. The Morgan fingerprint density at radius 2 is 1.62 bits per heavy atom. The SMILES string of the molecule is O=Cc1ccncc1.O=P(O)(O)O. The van der Waals surface area contributed by atoms with Gasteiger partial charge >= 0.3 is 7.82 Å². The van der Waals surface area contributed by atoms with Gasteiger partial charge in [0.05, 0.1) is 0 Å². The fourth-order valence-corrected chi connectivity index (χ4v) is 0.442. The molecule has 1 rings (SSSR count). The minimum Gasteiger partial charge on any atom is -0.303 e. The van der Waals surface area contributed by atoms with Crippen LogP contribution in [0.1, 0.15) is 10.4 Å². The van der Waals surface area contributed by atoms with Crippen molar-refractivity contribution in [2.75, 3.05) is 0 Å². The van der Waals surface area contributed by atoms with Crippen LogP contribution in [0.25, 0.3) is 0 Å². The van der Waals surface area contributed by atoms with Crippen LogP contribution in [0.3, 0.4) is 0 Å². The molecule has 0 saturated heterocycles. The number of aromatic nitrogens is 1. The van der Waals surface area contributed by atoms with Gasteiger partial charge in [-0.2, -0.15) is 0 Å². The fourth-order valence-electron chi connectivity index (χ4n) is 0.442. The van der Waals surface area contributed by atoms with Crippen LogP contribution in [-0.2, 0) is 4.57 Å². The largest absolute Gasteiger partial charge is 0.466 e. The predicted octanol–water partition coefficient (Wildman–Crippen LogP) is -0.0345. The first-order chi connectivity index (χ1) is 5.93. The molecule has 0 atom stereocenters. The summed E-state index contributed by atoms with van der Waals surface area (Å²) in [4.78, 5) is 35.3. The Morgan fingerprint density at radius 3 is 1.85 bits per heavy atom. The van der Waals surface area contributed by atoms with E-state index in [1.54, 1.807) is 24.5 Å². The lowest BCUT2D eigenvalue weighted by molar-refractivity contribution is 0.112. The Balaban J connectivity index is 0.000000252. The second-order valence-corrected chi connectivity index (χ2v) is 2.94. The van der Waals surface area contributed by atoms with E-state index < -0.39 is 7.82 Å². The molecule has 0 unspecified atom stereocenters. The zero-order valence-corrected chi connectivity index (χ0v) is 7.33. The molecule has 0 aromatic carbocycles. The molecule has 6 nitrogen and oxygen atoms in total. The summed E-state index contributed by atoms with van der Waals surface area (Å²) in [5.41, 5.74) is 0.667. The molecule has 13 heavy (non-hydrogen) atoms. The van der Waals surface area contributed by atoms with Crippen molar-refractivity contribution in [3.63, 3.8) is 0 Å². The van der Waals surface area contributed by atoms with Gasteiger partial charge < -0.3 is 14.7 Å². The summed E-state index contributed by atoms with van der Waals surface area (Å²) < 4.78 is 8.88. The van der Waals surface area contributed by atoms with Crippen molar-refractivity contribution in [3.8, 4) is 0 Å². The third kappa shape index (κ3) is 10.9. The predicted molar refractivity (Wildman–Crippen MR) is 43.9 cm³/mol. The van der Waals surface area contributed by atoms with Crippen LogP contribution >= 0.6 is 7.82 Å². The Hall–Kier alpha value is -1.07. The van der Waals surface area contributed by atoms with Crippen LogP contribution in [0.15, 0.2) is 24.5 Å². The number of rotatable bonds is 1. The molecule has 0 radical (unpaired) electrons. The molecule has 0 fully saturated rings. The molecule has 0 aliphatic carbocycles. The zero-order chi connectivity index (χ0) is 10.3. The van der Waals surface area contributed by atoms with Crippen molar-refractivity contribution in [2.24, 2.45) is 0 Å². The maximum atomic E-state index is 9.98. The highest BCUT2D eigenvalue weighted by Gasteiger charge is 2.00. The van der Waals surface area contributed by atoms with Crippen molar-refractivity contribution in [1.29, 1.82) is 0 Å². The standard InChI is InChI=1S/C6H5NO.H3O4P/c8-5-6-1-3-7-4-2-6;1-5(2,3)4/h1-5H;(H3,1,2,3,4). The topological polar surface area (TPSA) is 108 Å². The highest BCUT2D eigenvalue weighted by molar-refractivity contribution is 7.45. The quantitative estimate of drug-likeness (QED) is 0.438. The number of pyridine rings is 1. The summed E-state index contributed by atoms with van der Waals surface area (Å²) >= 11 is 0. The van der Waals surface area contributed by atoms with E-state index in [1.807, 2.05) is 0 Å². The van der Waals surface area contributed by atoms with Crippen LogP contribution in [0.5, 0.6) is 0 Å². The molecule has 0 aliphatic rings. The van der Waals surface area contributed by atoms with Crippen molar-refractivity contribution < 1.29 is 24.0 Å². The second-order valence-electron chi connectivity index (χ2n) is 1.91. The van der Waals surface area contributed by atoms with Gasteiger partial charge in [-0.25, -0.2) is 4.57 Å². The molecule has 0 aliphatic heterocycles. The fraction of sp³-hybridized carbons (Fsp3) is 0. The van der Waals surface area contributed by atoms with E-state index >= 15 is 0 Å². The van der Waals surface area contributed by atoms with E-state index in [0.29, 0.717) is 5.56 Å². The molecule has 0 amide bonds. The molecule has 0 spiro atoms. The Morgan fingerprint density at radius 1 is 1.23 bits per heavy atom. The van der Waals surface area contributed by atoms with E-state index in [-0.39, 0.29) is 0 Å². The lowest BCUT2D eigenvalue weighted by Gasteiger charge is -1.82. The Labute approximate surface area is 74.1 Å². The van der Waals surface area contributed by atoms with Crippen LogP contribution < -0.4 is 0 Å². The smallest absolute Gasteiger partial charge is 0.303 e. The third-order valence-electron chi connectivity index (χ3n) is 0.842. The highest BCUT2D eigenvalue weighted by Crippen LogP contribution is 2.25. The summed E-state index contributed by atoms with van der Waals surface area (Å²) in [6.07, 6.45) is 3.97. The van der Waals surface area contributed by atoms with Gasteiger partial charge in [0.1, 0.15) is 6.29 Å². The van der Waals surface area contributed by atoms with Gasteiger partial charge in [0.25, 0.3) is 0 Å². The van der Waals surface area contributed by atoms with Gasteiger partial charge in [-0.3, -0.25) is 9.78 Å². The number of phosphoric acid groups is 1. The zero-order valence-electron chi connectivity index (χ0n) is 6.44. The van der Waals surface area contributed by atoms with Crippen molar-refractivity contribution >= 4 is 14.1 Å². The summed E-state index contributed by atoms with van der Waals surface area (Å²) in [6.45, 7) is 0. The van der Waals surface area contributed by atoms with Gasteiger partial charge in [0.15, 0.2) is 0 Å². The number of carbonyl (C=O) groups is 1. The minimum absolute atomic E-state index is 0.667. The maximum Gasteiger partial charge on any atom is 0.466 e. The van der Waals surface area contributed by atoms with Crippen LogP contribution in [0, 0.1) is 0 Å². The van der Waals surface area contributed by atoms with E-state index in [9.17, 15) is 4.79 Å². The number of aldehydes is 1. The summed E-state index contributed by atoms with van der Waals surface area (Å²) in [6, 6.07) is 3.32. The normalized spacial score (nSPS) is 9.77. The van der Waals surface area contributed by atoms with E-state index in [0.717, 1.165) is 6.29 Å². The average Bonchev–Trinajstić information content (AvgIpc) is 2.03. The molecule has 1 aromatic rings.